The van der Waals surface area contributed by atoms with E-state index in [-0.39, 0.29) is 17.9 Å². The number of ether oxygens (including phenoxy) is 3. The first kappa shape index (κ1) is 25.8. The fourth-order valence-electron chi connectivity index (χ4n) is 4.50. The van der Waals surface area contributed by atoms with Crippen LogP contribution in [-0.2, 0) is 32.1 Å². The minimum atomic E-state index is -3.55. The number of aryl methyl sites for hydroxylation is 1. The lowest BCUT2D eigenvalue weighted by atomic mass is 9.78. The Hall–Kier alpha value is -2.78. The van der Waals surface area contributed by atoms with Crippen molar-refractivity contribution in [3.8, 4) is 17.2 Å². The highest BCUT2D eigenvalue weighted by Crippen LogP contribution is 2.42. The number of amides is 1. The van der Waals surface area contributed by atoms with Crippen LogP contribution in [0.5, 0.6) is 17.2 Å². The van der Waals surface area contributed by atoms with Crippen molar-refractivity contribution in [2.75, 3.05) is 40.7 Å². The summed E-state index contributed by atoms with van der Waals surface area (Å²) in [6.45, 7) is 0.955. The number of carbonyl (C=O) groups excluding carboxylic acids is 1. The van der Waals surface area contributed by atoms with E-state index in [2.05, 4.69) is 12.1 Å². The van der Waals surface area contributed by atoms with Crippen LogP contribution in [0.1, 0.15) is 30.4 Å². The van der Waals surface area contributed by atoms with Crippen LogP contribution < -0.4 is 14.2 Å². The SMILES string of the molecule is COc1cc(CN2CC(CCOS(C)(=O)=O)(CCc3ccccc3)CC2=O)cc(OC)c1OC. The molecule has 1 fully saturated rings. The van der Waals surface area contributed by atoms with E-state index in [1.807, 2.05) is 35.2 Å². The average molecular weight is 492 g/mol. The molecule has 0 aromatic heterocycles. The Morgan fingerprint density at radius 3 is 2.15 bits per heavy atom. The minimum absolute atomic E-state index is 0.0289. The van der Waals surface area contributed by atoms with Gasteiger partial charge in [-0.05, 0) is 47.9 Å². The molecule has 8 nitrogen and oxygen atoms in total. The molecule has 0 N–H and O–H groups in total. The van der Waals surface area contributed by atoms with Crippen molar-refractivity contribution in [2.45, 2.75) is 32.2 Å². The fourth-order valence-corrected chi connectivity index (χ4v) is 4.88. The normalized spacial score (nSPS) is 18.2. The Labute approximate surface area is 201 Å². The van der Waals surface area contributed by atoms with Gasteiger partial charge < -0.3 is 19.1 Å². The molecule has 1 heterocycles. The number of benzene rings is 2. The van der Waals surface area contributed by atoms with Crippen molar-refractivity contribution in [1.29, 1.82) is 0 Å². The van der Waals surface area contributed by atoms with E-state index in [9.17, 15) is 13.2 Å². The highest BCUT2D eigenvalue weighted by molar-refractivity contribution is 7.85. The lowest BCUT2D eigenvalue weighted by Gasteiger charge is -2.29. The number of carbonyl (C=O) groups is 1. The summed E-state index contributed by atoms with van der Waals surface area (Å²) in [4.78, 5) is 14.9. The molecule has 1 saturated heterocycles. The van der Waals surface area contributed by atoms with Crippen molar-refractivity contribution in [3.05, 3.63) is 53.6 Å². The number of rotatable bonds is 12. The summed E-state index contributed by atoms with van der Waals surface area (Å²) < 4.78 is 44.3. The molecular formula is C25H33NO7S. The topological polar surface area (TPSA) is 91.4 Å². The number of likely N-dealkylation sites (tertiary alicyclic amines) is 1. The van der Waals surface area contributed by atoms with Crippen LogP contribution in [0, 0.1) is 5.41 Å². The summed E-state index contributed by atoms with van der Waals surface area (Å²) in [5.41, 5.74) is 1.66. The maximum Gasteiger partial charge on any atom is 0.264 e. The molecule has 0 saturated carbocycles. The molecule has 1 aliphatic heterocycles. The third-order valence-corrected chi connectivity index (χ3v) is 6.81. The summed E-state index contributed by atoms with van der Waals surface area (Å²) in [5, 5.41) is 0. The number of hydrogen-bond donors (Lipinski definition) is 0. The molecule has 3 rings (SSSR count). The quantitative estimate of drug-likeness (QED) is 0.420. The standard InChI is InChI=1S/C25H33NO7S/c1-30-21-14-20(15-22(31-2)24(21)32-3)17-26-18-25(16-23(26)27,12-13-33-34(4,28)29)11-10-19-8-6-5-7-9-19/h5-9,14-15H,10-13,16-18H2,1-4H3. The molecule has 2 aromatic carbocycles. The van der Waals surface area contributed by atoms with E-state index < -0.39 is 10.1 Å². The van der Waals surface area contributed by atoms with E-state index >= 15 is 0 Å². The Bertz CT molecular complexity index is 1060. The van der Waals surface area contributed by atoms with Crippen LogP contribution >= 0.6 is 0 Å². The number of nitrogens with zero attached hydrogens (tertiary/aromatic N) is 1. The summed E-state index contributed by atoms with van der Waals surface area (Å²) in [5.74, 6) is 1.58. The van der Waals surface area contributed by atoms with Gasteiger partial charge in [0.2, 0.25) is 11.7 Å². The van der Waals surface area contributed by atoms with Gasteiger partial charge in [-0.1, -0.05) is 30.3 Å². The molecule has 0 spiro atoms. The average Bonchev–Trinajstić information content (AvgIpc) is 3.11. The molecule has 9 heteroatoms. The molecule has 0 radical (unpaired) electrons. The van der Waals surface area contributed by atoms with E-state index in [0.29, 0.717) is 43.2 Å². The smallest absolute Gasteiger partial charge is 0.264 e. The minimum Gasteiger partial charge on any atom is -0.493 e. The van der Waals surface area contributed by atoms with Gasteiger partial charge in [-0.3, -0.25) is 8.98 Å². The number of hydrogen-bond acceptors (Lipinski definition) is 7. The lowest BCUT2D eigenvalue weighted by Crippen LogP contribution is -2.30. The van der Waals surface area contributed by atoms with Crippen molar-refractivity contribution in [2.24, 2.45) is 5.41 Å². The van der Waals surface area contributed by atoms with Gasteiger partial charge in [0.1, 0.15) is 0 Å². The molecule has 1 atom stereocenters. The summed E-state index contributed by atoms with van der Waals surface area (Å²) in [6, 6.07) is 13.8. The monoisotopic (exact) mass is 491 g/mol. The molecule has 1 amide bonds. The van der Waals surface area contributed by atoms with Crippen LogP contribution in [0.3, 0.4) is 0 Å². The summed E-state index contributed by atoms with van der Waals surface area (Å²) in [7, 11) is 1.11. The Balaban J connectivity index is 1.79. The van der Waals surface area contributed by atoms with Crippen LogP contribution in [0.25, 0.3) is 0 Å². The predicted molar refractivity (Wildman–Crippen MR) is 129 cm³/mol. The van der Waals surface area contributed by atoms with Gasteiger partial charge in [-0.2, -0.15) is 8.42 Å². The Kier molecular flexibility index (Phi) is 8.43. The van der Waals surface area contributed by atoms with Gasteiger partial charge in [-0.15, -0.1) is 0 Å². The van der Waals surface area contributed by atoms with Gasteiger partial charge in [-0.25, -0.2) is 0 Å². The largest absolute Gasteiger partial charge is 0.493 e. The second kappa shape index (κ2) is 11.1. The Morgan fingerprint density at radius 2 is 1.59 bits per heavy atom. The van der Waals surface area contributed by atoms with Gasteiger partial charge in [0.15, 0.2) is 11.5 Å². The van der Waals surface area contributed by atoms with Crippen LogP contribution in [0.4, 0.5) is 0 Å². The highest BCUT2D eigenvalue weighted by Gasteiger charge is 2.42. The first-order valence-electron chi connectivity index (χ1n) is 11.1. The van der Waals surface area contributed by atoms with E-state index in [1.165, 1.54) is 5.56 Å². The van der Waals surface area contributed by atoms with Gasteiger partial charge in [0.05, 0.1) is 34.2 Å². The summed E-state index contributed by atoms with van der Waals surface area (Å²) in [6.07, 6.45) is 3.41. The second-order valence-corrected chi connectivity index (χ2v) is 10.4. The predicted octanol–water partition coefficient (Wildman–Crippen LogP) is 3.43. The van der Waals surface area contributed by atoms with E-state index in [0.717, 1.165) is 24.7 Å². The zero-order valence-electron chi connectivity index (χ0n) is 20.2. The van der Waals surface area contributed by atoms with E-state index in [1.54, 1.807) is 21.3 Å². The third-order valence-electron chi connectivity index (χ3n) is 6.22. The molecular weight excluding hydrogens is 458 g/mol. The molecule has 2 aromatic rings. The van der Waals surface area contributed by atoms with Crippen LogP contribution in [0.2, 0.25) is 0 Å². The zero-order valence-corrected chi connectivity index (χ0v) is 21.0. The fraction of sp³-hybridized carbons (Fsp3) is 0.480. The van der Waals surface area contributed by atoms with Crippen molar-refractivity contribution in [1.82, 2.24) is 4.90 Å². The lowest BCUT2D eigenvalue weighted by molar-refractivity contribution is -0.128. The second-order valence-electron chi connectivity index (χ2n) is 8.72. The molecule has 0 bridgehead atoms. The molecule has 186 valence electrons. The van der Waals surface area contributed by atoms with Gasteiger partial charge >= 0.3 is 0 Å². The molecule has 0 aliphatic carbocycles. The number of methoxy groups -OCH3 is 3. The summed E-state index contributed by atoms with van der Waals surface area (Å²) >= 11 is 0. The van der Waals surface area contributed by atoms with Crippen molar-refractivity contribution >= 4 is 16.0 Å². The third kappa shape index (κ3) is 6.64. The zero-order chi connectivity index (χ0) is 24.8. The molecule has 34 heavy (non-hydrogen) atoms. The molecule has 1 unspecified atom stereocenters. The highest BCUT2D eigenvalue weighted by atomic mass is 32.2. The maximum absolute atomic E-state index is 13.1. The van der Waals surface area contributed by atoms with Crippen LogP contribution in [0.15, 0.2) is 42.5 Å². The van der Waals surface area contributed by atoms with Crippen LogP contribution in [-0.4, -0.2) is 60.0 Å². The van der Waals surface area contributed by atoms with E-state index in [4.69, 9.17) is 18.4 Å². The van der Waals surface area contributed by atoms with Crippen molar-refractivity contribution in [3.63, 3.8) is 0 Å². The van der Waals surface area contributed by atoms with Gasteiger partial charge in [0.25, 0.3) is 10.1 Å². The Morgan fingerprint density at radius 1 is 0.941 bits per heavy atom. The van der Waals surface area contributed by atoms with Gasteiger partial charge in [0, 0.05) is 19.5 Å². The maximum atomic E-state index is 13.1. The first-order chi connectivity index (χ1) is 16.2. The first-order valence-corrected chi connectivity index (χ1v) is 13.0. The van der Waals surface area contributed by atoms with Crippen molar-refractivity contribution < 1.29 is 31.6 Å². The molecule has 1 aliphatic rings.